The molecule has 0 radical (unpaired) electrons. The van der Waals surface area contributed by atoms with Crippen molar-refractivity contribution in [2.75, 3.05) is 23.3 Å². The Morgan fingerprint density at radius 3 is 2.56 bits per heavy atom. The lowest BCUT2D eigenvalue weighted by atomic mass is 10.1. The van der Waals surface area contributed by atoms with E-state index in [0.717, 1.165) is 17.7 Å². The highest BCUT2D eigenvalue weighted by atomic mass is 35.5. The summed E-state index contributed by atoms with van der Waals surface area (Å²) < 4.78 is 0. The second-order valence-corrected chi connectivity index (χ2v) is 7.91. The van der Waals surface area contributed by atoms with E-state index in [1.807, 2.05) is 24.3 Å². The summed E-state index contributed by atoms with van der Waals surface area (Å²) in [5, 5.41) is 12.2. The monoisotopic (exact) mass is 444 g/mol. The number of rotatable bonds is 5. The van der Waals surface area contributed by atoms with Crippen molar-refractivity contribution < 1.29 is 9.59 Å². The standard InChI is InChI=1S/C25H21ClN4O2/c26-23-8-2-1-7-22(23)24(31)28-20-5-3-6-21(15-20)30-14-4-13-29(25(30)32)17-19-11-9-18(16-27)10-12-19/h1-3,5-12,15H,4,13-14,17H2,(H,28,31). The topological polar surface area (TPSA) is 76.4 Å². The van der Waals surface area contributed by atoms with Gasteiger partial charge in [0, 0.05) is 31.0 Å². The molecule has 0 spiro atoms. The average molecular weight is 445 g/mol. The van der Waals surface area contributed by atoms with Gasteiger partial charge < -0.3 is 10.2 Å². The van der Waals surface area contributed by atoms with E-state index in [0.29, 0.717) is 41.5 Å². The normalized spacial score (nSPS) is 13.6. The fourth-order valence-corrected chi connectivity index (χ4v) is 3.89. The Labute approximate surface area is 191 Å². The zero-order chi connectivity index (χ0) is 22.5. The maximum absolute atomic E-state index is 13.1. The number of amides is 3. The quantitative estimate of drug-likeness (QED) is 0.580. The van der Waals surface area contributed by atoms with Gasteiger partial charge in [-0.15, -0.1) is 0 Å². The molecule has 3 amide bonds. The number of carbonyl (C=O) groups is 2. The number of hydrogen-bond donors (Lipinski definition) is 1. The lowest BCUT2D eigenvalue weighted by Crippen LogP contribution is -2.49. The van der Waals surface area contributed by atoms with Gasteiger partial charge in [0.15, 0.2) is 0 Å². The van der Waals surface area contributed by atoms with Crippen molar-refractivity contribution in [2.45, 2.75) is 13.0 Å². The minimum atomic E-state index is -0.305. The number of anilines is 2. The molecular formula is C25H21ClN4O2. The number of urea groups is 1. The zero-order valence-electron chi connectivity index (χ0n) is 17.3. The van der Waals surface area contributed by atoms with Crippen molar-refractivity contribution in [3.05, 3.63) is 94.5 Å². The Kier molecular flexibility index (Phi) is 6.39. The first-order valence-electron chi connectivity index (χ1n) is 10.3. The Bertz CT molecular complexity index is 1190. The lowest BCUT2D eigenvalue weighted by Gasteiger charge is -2.36. The third-order valence-electron chi connectivity index (χ3n) is 5.30. The molecule has 1 N–H and O–H groups in total. The molecule has 6 nitrogen and oxygen atoms in total. The maximum Gasteiger partial charge on any atom is 0.324 e. The van der Waals surface area contributed by atoms with Crippen LogP contribution in [0.2, 0.25) is 5.02 Å². The van der Waals surface area contributed by atoms with E-state index in [1.165, 1.54) is 0 Å². The van der Waals surface area contributed by atoms with E-state index in [-0.39, 0.29) is 11.9 Å². The van der Waals surface area contributed by atoms with Gasteiger partial charge in [0.05, 0.1) is 22.2 Å². The molecule has 0 saturated carbocycles. The number of benzene rings is 3. The van der Waals surface area contributed by atoms with Gasteiger partial charge in [0.2, 0.25) is 0 Å². The number of carbonyl (C=O) groups excluding carboxylic acids is 2. The smallest absolute Gasteiger partial charge is 0.322 e. The van der Waals surface area contributed by atoms with Crippen molar-refractivity contribution in [3.8, 4) is 6.07 Å². The van der Waals surface area contributed by atoms with Crippen LogP contribution in [0.4, 0.5) is 16.2 Å². The molecule has 0 atom stereocenters. The second-order valence-electron chi connectivity index (χ2n) is 7.50. The SMILES string of the molecule is N#Cc1ccc(CN2CCCN(c3cccc(NC(=O)c4ccccc4Cl)c3)C2=O)cc1. The Morgan fingerprint density at radius 2 is 1.81 bits per heavy atom. The van der Waals surface area contributed by atoms with E-state index in [1.54, 1.807) is 58.3 Å². The van der Waals surface area contributed by atoms with Crippen molar-refractivity contribution in [3.63, 3.8) is 0 Å². The van der Waals surface area contributed by atoms with Crippen LogP contribution in [0.3, 0.4) is 0 Å². The molecule has 0 unspecified atom stereocenters. The van der Waals surface area contributed by atoms with Crippen LogP contribution in [0, 0.1) is 11.3 Å². The first-order valence-corrected chi connectivity index (χ1v) is 10.6. The molecule has 7 heteroatoms. The van der Waals surface area contributed by atoms with Crippen molar-refractivity contribution in [1.82, 2.24) is 4.90 Å². The highest BCUT2D eigenvalue weighted by Gasteiger charge is 2.27. The Hall–Kier alpha value is -3.82. The molecule has 0 aromatic heterocycles. The highest BCUT2D eigenvalue weighted by molar-refractivity contribution is 6.34. The van der Waals surface area contributed by atoms with Gasteiger partial charge in [-0.25, -0.2) is 4.79 Å². The molecule has 3 aromatic carbocycles. The summed E-state index contributed by atoms with van der Waals surface area (Å²) in [5.41, 5.74) is 3.26. The summed E-state index contributed by atoms with van der Waals surface area (Å²) in [6.07, 6.45) is 0.832. The molecule has 1 fully saturated rings. The minimum Gasteiger partial charge on any atom is -0.322 e. The van der Waals surface area contributed by atoms with Crippen LogP contribution in [0.1, 0.15) is 27.9 Å². The van der Waals surface area contributed by atoms with Crippen LogP contribution in [-0.4, -0.2) is 29.9 Å². The number of halogens is 1. The van der Waals surface area contributed by atoms with Crippen molar-refractivity contribution in [1.29, 1.82) is 5.26 Å². The highest BCUT2D eigenvalue weighted by Crippen LogP contribution is 2.25. The zero-order valence-corrected chi connectivity index (χ0v) is 18.0. The third-order valence-corrected chi connectivity index (χ3v) is 5.63. The van der Waals surface area contributed by atoms with E-state index < -0.39 is 0 Å². The number of nitriles is 1. The summed E-state index contributed by atoms with van der Waals surface area (Å²) in [6.45, 7) is 1.74. The van der Waals surface area contributed by atoms with Crippen LogP contribution in [0.25, 0.3) is 0 Å². The molecule has 1 aliphatic heterocycles. The van der Waals surface area contributed by atoms with Crippen LogP contribution < -0.4 is 10.2 Å². The van der Waals surface area contributed by atoms with Gasteiger partial charge >= 0.3 is 6.03 Å². The molecule has 160 valence electrons. The van der Waals surface area contributed by atoms with Crippen LogP contribution in [0.15, 0.2) is 72.8 Å². The molecule has 4 rings (SSSR count). The van der Waals surface area contributed by atoms with Crippen LogP contribution in [-0.2, 0) is 6.54 Å². The minimum absolute atomic E-state index is 0.0878. The molecule has 1 heterocycles. The first-order chi connectivity index (χ1) is 15.5. The van der Waals surface area contributed by atoms with Crippen LogP contribution >= 0.6 is 11.6 Å². The molecule has 0 aliphatic carbocycles. The van der Waals surface area contributed by atoms with Gasteiger partial charge in [0.1, 0.15) is 0 Å². The lowest BCUT2D eigenvalue weighted by molar-refractivity contribution is 0.102. The largest absolute Gasteiger partial charge is 0.324 e. The predicted octanol–water partition coefficient (Wildman–Crippen LogP) is 5.30. The van der Waals surface area contributed by atoms with Crippen molar-refractivity contribution in [2.24, 2.45) is 0 Å². The molecule has 1 aliphatic rings. The number of hydrogen-bond acceptors (Lipinski definition) is 3. The second kappa shape index (κ2) is 9.54. The van der Waals surface area contributed by atoms with Crippen molar-refractivity contribution >= 4 is 34.9 Å². The van der Waals surface area contributed by atoms with Gasteiger partial charge in [-0.05, 0) is 54.4 Å². The van der Waals surface area contributed by atoms with Gasteiger partial charge in [-0.2, -0.15) is 5.26 Å². The molecular weight excluding hydrogens is 424 g/mol. The van der Waals surface area contributed by atoms with E-state index >= 15 is 0 Å². The van der Waals surface area contributed by atoms with E-state index in [2.05, 4.69) is 11.4 Å². The Balaban J connectivity index is 1.48. The number of nitrogens with one attached hydrogen (secondary N) is 1. The Morgan fingerprint density at radius 1 is 1.03 bits per heavy atom. The maximum atomic E-state index is 13.1. The van der Waals surface area contributed by atoms with Gasteiger partial charge in [0.25, 0.3) is 5.91 Å². The number of nitrogens with zero attached hydrogens (tertiary/aromatic N) is 3. The third kappa shape index (κ3) is 4.74. The summed E-state index contributed by atoms with van der Waals surface area (Å²) in [5.74, 6) is -0.305. The first kappa shape index (κ1) is 21.4. The van der Waals surface area contributed by atoms with Crippen LogP contribution in [0.5, 0.6) is 0 Å². The fourth-order valence-electron chi connectivity index (χ4n) is 3.67. The summed E-state index contributed by atoms with van der Waals surface area (Å²) >= 11 is 6.12. The predicted molar refractivity (Wildman–Crippen MR) is 125 cm³/mol. The molecule has 32 heavy (non-hydrogen) atoms. The summed E-state index contributed by atoms with van der Waals surface area (Å²) in [4.78, 5) is 29.2. The molecule has 3 aromatic rings. The fraction of sp³-hybridized carbons (Fsp3) is 0.160. The molecule has 0 bridgehead atoms. The average Bonchev–Trinajstić information content (AvgIpc) is 2.81. The van der Waals surface area contributed by atoms with Gasteiger partial charge in [-0.3, -0.25) is 9.69 Å². The van der Waals surface area contributed by atoms with Gasteiger partial charge in [-0.1, -0.05) is 41.9 Å². The summed E-state index contributed by atoms with van der Waals surface area (Å²) in [6, 6.07) is 23.4. The van der Waals surface area contributed by atoms with E-state index in [9.17, 15) is 9.59 Å². The molecule has 1 saturated heterocycles. The van der Waals surface area contributed by atoms with E-state index in [4.69, 9.17) is 16.9 Å². The summed E-state index contributed by atoms with van der Waals surface area (Å²) in [7, 11) is 0.